The van der Waals surface area contributed by atoms with Gasteiger partial charge in [-0.1, -0.05) is 11.6 Å². The minimum absolute atomic E-state index is 0.0816. The maximum Gasteiger partial charge on any atom is 0.451 e. The Morgan fingerprint density at radius 3 is 2.77 bits per heavy atom. The first-order chi connectivity index (χ1) is 14.3. The normalized spacial score (nSPS) is 11.5. The van der Waals surface area contributed by atoms with Gasteiger partial charge < -0.3 is 4.90 Å². The number of carbonyl (C=O) groups is 1. The van der Waals surface area contributed by atoms with Crippen molar-refractivity contribution in [3.63, 3.8) is 0 Å². The van der Waals surface area contributed by atoms with E-state index >= 15 is 0 Å². The van der Waals surface area contributed by atoms with E-state index in [1.54, 1.807) is 37.6 Å². The van der Waals surface area contributed by atoms with E-state index in [4.69, 9.17) is 11.6 Å². The molecule has 0 radical (unpaired) electrons. The molecular formula is C18H16ClF3N6OS. The van der Waals surface area contributed by atoms with Crippen LogP contribution in [0.25, 0.3) is 5.69 Å². The van der Waals surface area contributed by atoms with Gasteiger partial charge in [-0.3, -0.25) is 9.78 Å². The Morgan fingerprint density at radius 2 is 2.10 bits per heavy atom. The molecule has 0 aliphatic carbocycles. The van der Waals surface area contributed by atoms with Gasteiger partial charge in [0, 0.05) is 31.1 Å². The molecular weight excluding hydrogens is 441 g/mol. The lowest BCUT2D eigenvalue weighted by Crippen LogP contribution is -2.30. The number of alkyl halides is 3. The highest BCUT2D eigenvalue weighted by Crippen LogP contribution is 2.29. The number of pyridine rings is 1. The minimum atomic E-state index is -4.61. The van der Waals surface area contributed by atoms with E-state index < -0.39 is 12.0 Å². The highest BCUT2D eigenvalue weighted by molar-refractivity contribution is 7.99. The Labute approximate surface area is 179 Å². The van der Waals surface area contributed by atoms with Crippen LogP contribution in [0.15, 0.2) is 48.0 Å². The number of aromatic nitrogens is 5. The lowest BCUT2D eigenvalue weighted by atomic mass is 10.3. The van der Waals surface area contributed by atoms with Crippen molar-refractivity contribution in [1.82, 2.24) is 24.7 Å². The molecule has 3 rings (SSSR count). The third-order valence-corrected chi connectivity index (χ3v) is 5.12. The average molecular weight is 457 g/mol. The van der Waals surface area contributed by atoms with Gasteiger partial charge >= 0.3 is 6.18 Å². The number of anilines is 1. The lowest BCUT2D eigenvalue weighted by Gasteiger charge is -2.19. The van der Waals surface area contributed by atoms with Crippen molar-refractivity contribution in [1.29, 1.82) is 0 Å². The van der Waals surface area contributed by atoms with E-state index in [-0.39, 0.29) is 28.3 Å². The highest BCUT2D eigenvalue weighted by Gasteiger charge is 2.34. The van der Waals surface area contributed by atoms with Crippen LogP contribution in [0.3, 0.4) is 0 Å². The van der Waals surface area contributed by atoms with Crippen LogP contribution in [0.4, 0.5) is 18.9 Å². The van der Waals surface area contributed by atoms with Gasteiger partial charge in [0.05, 0.1) is 18.1 Å². The molecule has 0 bridgehead atoms. The van der Waals surface area contributed by atoms with Crippen molar-refractivity contribution in [2.24, 2.45) is 0 Å². The predicted octanol–water partition coefficient (Wildman–Crippen LogP) is 4.26. The molecule has 0 aliphatic heterocycles. The van der Waals surface area contributed by atoms with E-state index in [9.17, 15) is 18.0 Å². The third kappa shape index (κ3) is 5.28. The largest absolute Gasteiger partial charge is 0.451 e. The third-order valence-electron chi connectivity index (χ3n) is 3.92. The van der Waals surface area contributed by atoms with E-state index in [0.29, 0.717) is 17.9 Å². The molecule has 158 valence electrons. The second kappa shape index (κ2) is 9.43. The van der Waals surface area contributed by atoms with Gasteiger partial charge in [0.15, 0.2) is 5.15 Å². The number of carbonyl (C=O) groups excluding carboxylic acids is 1. The van der Waals surface area contributed by atoms with Gasteiger partial charge in [-0.05, 0) is 25.1 Å². The molecule has 1 amide bonds. The number of nitrogens with zero attached hydrogens (tertiary/aromatic N) is 6. The Balaban J connectivity index is 1.65. The Hall–Kier alpha value is -2.66. The first kappa shape index (κ1) is 22.0. The van der Waals surface area contributed by atoms with Gasteiger partial charge in [0.25, 0.3) is 0 Å². The van der Waals surface area contributed by atoms with E-state index in [1.165, 1.54) is 15.6 Å². The molecule has 0 saturated carbocycles. The predicted molar refractivity (Wildman–Crippen MR) is 107 cm³/mol. The van der Waals surface area contributed by atoms with Crippen LogP contribution in [-0.2, 0) is 11.0 Å². The summed E-state index contributed by atoms with van der Waals surface area (Å²) in [7, 11) is 0. The van der Waals surface area contributed by atoms with Crippen LogP contribution in [0.1, 0.15) is 19.2 Å². The molecule has 3 aromatic heterocycles. The second-order valence-corrected chi connectivity index (χ2v) is 7.39. The minimum Gasteiger partial charge on any atom is -0.308 e. The van der Waals surface area contributed by atoms with E-state index in [0.717, 1.165) is 18.0 Å². The molecule has 0 spiro atoms. The molecule has 0 aliphatic rings. The van der Waals surface area contributed by atoms with Crippen molar-refractivity contribution in [3.8, 4) is 5.69 Å². The maximum atomic E-state index is 12.7. The van der Waals surface area contributed by atoms with Crippen molar-refractivity contribution in [2.75, 3.05) is 17.2 Å². The van der Waals surface area contributed by atoms with Crippen LogP contribution in [0.5, 0.6) is 0 Å². The molecule has 0 atom stereocenters. The van der Waals surface area contributed by atoms with Crippen LogP contribution in [-0.4, -0.2) is 42.9 Å². The summed E-state index contributed by atoms with van der Waals surface area (Å²) in [5, 5.41) is 4.52. The summed E-state index contributed by atoms with van der Waals surface area (Å²) in [5.41, 5.74) is 1.13. The van der Waals surface area contributed by atoms with Gasteiger partial charge in [-0.25, -0.2) is 14.6 Å². The number of hydrogen-bond donors (Lipinski definition) is 0. The van der Waals surface area contributed by atoms with Crippen LogP contribution in [0, 0.1) is 0 Å². The number of thioether (sulfide) groups is 1. The fraction of sp³-hybridized carbons (Fsp3) is 0.278. The molecule has 0 N–H and O–H groups in total. The van der Waals surface area contributed by atoms with Gasteiger partial charge in [0.1, 0.15) is 10.7 Å². The molecule has 7 nitrogen and oxygen atoms in total. The molecule has 0 unspecified atom stereocenters. The quantitative estimate of drug-likeness (QED) is 0.390. The first-order valence-electron chi connectivity index (χ1n) is 8.78. The zero-order valence-electron chi connectivity index (χ0n) is 15.7. The smallest absolute Gasteiger partial charge is 0.308 e. The lowest BCUT2D eigenvalue weighted by molar-refractivity contribution is -0.145. The Morgan fingerprint density at radius 1 is 1.30 bits per heavy atom. The van der Waals surface area contributed by atoms with Crippen molar-refractivity contribution in [2.45, 2.75) is 24.5 Å². The highest BCUT2D eigenvalue weighted by atomic mass is 35.5. The van der Waals surface area contributed by atoms with E-state index in [2.05, 4.69) is 20.1 Å². The summed E-state index contributed by atoms with van der Waals surface area (Å²) >= 11 is 7.28. The summed E-state index contributed by atoms with van der Waals surface area (Å²) in [6.07, 6.45) is 1.39. The molecule has 3 aromatic rings. The van der Waals surface area contributed by atoms with Crippen molar-refractivity contribution >= 4 is 35.0 Å². The molecule has 3 heterocycles. The topological polar surface area (TPSA) is 76.8 Å². The summed E-state index contributed by atoms with van der Waals surface area (Å²) in [6.45, 7) is 2.15. The van der Waals surface area contributed by atoms with Gasteiger partial charge in [0.2, 0.25) is 11.7 Å². The molecule has 30 heavy (non-hydrogen) atoms. The van der Waals surface area contributed by atoms with Gasteiger partial charge in [-0.15, -0.1) is 11.8 Å². The molecule has 12 heteroatoms. The SMILES string of the molecule is CCN(C(=O)CCSc1ccnc(C(F)(F)F)n1)c1cn(-c2cccnc2)nc1Cl. The van der Waals surface area contributed by atoms with Crippen molar-refractivity contribution in [3.05, 3.63) is 54.0 Å². The number of amides is 1. The van der Waals surface area contributed by atoms with Crippen LogP contribution < -0.4 is 4.90 Å². The number of halogens is 4. The standard InChI is InChI=1S/C18H16ClF3N6OS/c1-2-27(13-11-28(26-16(13)19)12-4-3-7-23-10-12)15(29)6-9-30-14-5-8-24-17(25-14)18(20,21)22/h3-5,7-8,10-11H,2,6,9H2,1H3. The zero-order valence-corrected chi connectivity index (χ0v) is 17.2. The second-order valence-electron chi connectivity index (χ2n) is 5.91. The first-order valence-corrected chi connectivity index (χ1v) is 10.1. The van der Waals surface area contributed by atoms with Crippen LogP contribution >= 0.6 is 23.4 Å². The summed E-state index contributed by atoms with van der Waals surface area (Å²) in [5.74, 6) is -1.19. The van der Waals surface area contributed by atoms with E-state index in [1.807, 2.05) is 0 Å². The molecule has 0 aromatic carbocycles. The zero-order chi connectivity index (χ0) is 21.7. The van der Waals surface area contributed by atoms with Gasteiger partial charge in [-0.2, -0.15) is 18.3 Å². The average Bonchev–Trinajstić information content (AvgIpc) is 3.10. The van der Waals surface area contributed by atoms with Crippen LogP contribution in [0.2, 0.25) is 5.15 Å². The monoisotopic (exact) mass is 456 g/mol. The fourth-order valence-corrected chi connectivity index (χ4v) is 3.59. The summed E-state index contributed by atoms with van der Waals surface area (Å²) in [6, 6.07) is 4.92. The Bertz CT molecular complexity index is 1010. The molecule has 0 saturated heterocycles. The number of rotatable bonds is 7. The summed E-state index contributed by atoms with van der Waals surface area (Å²) in [4.78, 5) is 24.9. The van der Waals surface area contributed by atoms with Crippen molar-refractivity contribution < 1.29 is 18.0 Å². The molecule has 0 fully saturated rings. The fourth-order valence-electron chi connectivity index (χ4n) is 2.56. The maximum absolute atomic E-state index is 12.7. The summed E-state index contributed by atoms with van der Waals surface area (Å²) < 4.78 is 39.6. The Kier molecular flexibility index (Phi) is 6.93. The number of hydrogen-bond acceptors (Lipinski definition) is 6.